The third kappa shape index (κ3) is 5.97. The second-order valence-corrected chi connectivity index (χ2v) is 7.31. The molecule has 1 N–H and O–H groups in total. The highest BCUT2D eigenvalue weighted by atomic mass is 35.5. The van der Waals surface area contributed by atoms with Crippen molar-refractivity contribution in [3.05, 3.63) is 40.9 Å². The van der Waals surface area contributed by atoms with Crippen molar-refractivity contribution in [3.63, 3.8) is 0 Å². The maximum absolute atomic E-state index is 12.5. The summed E-state index contributed by atoms with van der Waals surface area (Å²) in [6.45, 7) is 0.735. The zero-order valence-electron chi connectivity index (χ0n) is 12.1. The number of hydrogen-bond acceptors (Lipinski definition) is 3. The fraction of sp³-hybridized carbons (Fsp3) is 0.308. The molecule has 0 spiro atoms. The molecule has 11 heteroatoms. The molecule has 1 amide bonds. The highest BCUT2D eigenvalue weighted by Gasteiger charge is 2.30. The molecule has 0 bridgehead atoms. The van der Waals surface area contributed by atoms with Crippen LogP contribution in [0.1, 0.15) is 0 Å². The van der Waals surface area contributed by atoms with Gasteiger partial charge in [0.05, 0.1) is 21.5 Å². The average Bonchev–Trinajstić information content (AvgIpc) is 2.46. The first-order chi connectivity index (χ1) is 11.0. The van der Waals surface area contributed by atoms with Crippen molar-refractivity contribution in [1.29, 1.82) is 0 Å². The summed E-state index contributed by atoms with van der Waals surface area (Å²) in [5.74, 6) is -1.10. The molecule has 0 saturated carbocycles. The first kappa shape index (κ1) is 20.8. The number of nitrogens with one attached hydrogen (secondary N) is 1. The van der Waals surface area contributed by atoms with E-state index in [0.29, 0.717) is 4.31 Å². The second kappa shape index (κ2) is 8.19. The summed E-state index contributed by atoms with van der Waals surface area (Å²) in [5, 5.41) is 1.72. The van der Waals surface area contributed by atoms with Crippen LogP contribution in [0.15, 0.2) is 35.7 Å². The Morgan fingerprint density at radius 2 is 1.92 bits per heavy atom. The summed E-state index contributed by atoms with van der Waals surface area (Å²) in [6.07, 6.45) is -3.40. The molecular formula is C13H13Cl2F3N2O3S. The molecule has 0 saturated heterocycles. The average molecular weight is 405 g/mol. The van der Waals surface area contributed by atoms with Crippen LogP contribution in [-0.4, -0.2) is 44.4 Å². The van der Waals surface area contributed by atoms with Gasteiger partial charge >= 0.3 is 6.18 Å². The van der Waals surface area contributed by atoms with Crippen LogP contribution in [-0.2, 0) is 14.8 Å². The van der Waals surface area contributed by atoms with Crippen molar-refractivity contribution in [3.8, 4) is 0 Å². The van der Waals surface area contributed by atoms with Crippen LogP contribution in [0.2, 0.25) is 10.0 Å². The van der Waals surface area contributed by atoms with Gasteiger partial charge in [-0.2, -0.15) is 17.5 Å². The lowest BCUT2D eigenvalue weighted by Gasteiger charge is -2.20. The first-order valence-corrected chi connectivity index (χ1v) is 8.56. The SMILES string of the molecule is C=CCN(CC(=O)NCC(F)(F)F)S(=O)(=O)c1ccc(Cl)c(Cl)c1. The van der Waals surface area contributed by atoms with Crippen LogP contribution in [0.25, 0.3) is 0 Å². The standard InChI is InChI=1S/C13H13Cl2F3N2O3S/c1-2-5-20(7-12(21)19-8-13(16,17)18)24(22,23)9-3-4-10(14)11(15)6-9/h2-4,6H,1,5,7-8H2,(H,19,21). The van der Waals surface area contributed by atoms with Gasteiger partial charge < -0.3 is 5.32 Å². The van der Waals surface area contributed by atoms with Crippen LogP contribution in [0.5, 0.6) is 0 Å². The summed E-state index contributed by atoms with van der Waals surface area (Å²) in [7, 11) is -4.17. The van der Waals surface area contributed by atoms with E-state index in [2.05, 4.69) is 6.58 Å². The maximum atomic E-state index is 12.5. The number of halogens is 5. The molecule has 0 aliphatic rings. The summed E-state index contributed by atoms with van der Waals surface area (Å²) >= 11 is 11.5. The lowest BCUT2D eigenvalue weighted by Crippen LogP contribution is -2.43. The molecule has 24 heavy (non-hydrogen) atoms. The smallest absolute Gasteiger partial charge is 0.346 e. The van der Waals surface area contributed by atoms with Crippen LogP contribution in [0, 0.1) is 0 Å². The lowest BCUT2D eigenvalue weighted by molar-refractivity contribution is -0.138. The van der Waals surface area contributed by atoms with E-state index in [-0.39, 0.29) is 21.5 Å². The monoisotopic (exact) mass is 404 g/mol. The van der Waals surface area contributed by atoms with E-state index < -0.39 is 35.2 Å². The molecule has 0 radical (unpaired) electrons. The number of carbonyl (C=O) groups is 1. The molecule has 0 heterocycles. The molecule has 0 aromatic heterocycles. The Hall–Kier alpha value is -1.29. The first-order valence-electron chi connectivity index (χ1n) is 6.37. The van der Waals surface area contributed by atoms with Crippen LogP contribution in [0.4, 0.5) is 13.2 Å². The van der Waals surface area contributed by atoms with Crippen LogP contribution >= 0.6 is 23.2 Å². The Balaban J connectivity index is 2.98. The van der Waals surface area contributed by atoms with Gasteiger partial charge in [0.15, 0.2) is 0 Å². The lowest BCUT2D eigenvalue weighted by atomic mass is 10.4. The molecule has 5 nitrogen and oxygen atoms in total. The summed E-state index contributed by atoms with van der Waals surface area (Å²) in [5.41, 5.74) is 0. The third-order valence-electron chi connectivity index (χ3n) is 2.67. The van der Waals surface area contributed by atoms with E-state index in [1.807, 2.05) is 0 Å². The fourth-order valence-corrected chi connectivity index (χ4v) is 3.35. The Morgan fingerprint density at radius 3 is 2.42 bits per heavy atom. The highest BCUT2D eigenvalue weighted by Crippen LogP contribution is 2.26. The number of rotatable bonds is 7. The molecule has 0 atom stereocenters. The van der Waals surface area contributed by atoms with Crippen molar-refractivity contribution in [2.75, 3.05) is 19.6 Å². The van der Waals surface area contributed by atoms with Gasteiger partial charge in [-0.3, -0.25) is 4.79 Å². The Bertz CT molecular complexity index is 724. The second-order valence-electron chi connectivity index (χ2n) is 4.55. The van der Waals surface area contributed by atoms with Gasteiger partial charge in [0.25, 0.3) is 0 Å². The number of hydrogen-bond donors (Lipinski definition) is 1. The highest BCUT2D eigenvalue weighted by molar-refractivity contribution is 7.89. The molecule has 0 aliphatic carbocycles. The zero-order chi connectivity index (χ0) is 18.5. The van der Waals surface area contributed by atoms with Crippen molar-refractivity contribution in [2.45, 2.75) is 11.1 Å². The predicted molar refractivity (Wildman–Crippen MR) is 84.5 cm³/mol. The number of benzene rings is 1. The molecule has 134 valence electrons. The van der Waals surface area contributed by atoms with E-state index in [1.54, 1.807) is 5.32 Å². The quantitative estimate of drug-likeness (QED) is 0.710. The van der Waals surface area contributed by atoms with Gasteiger partial charge in [-0.15, -0.1) is 6.58 Å². The van der Waals surface area contributed by atoms with E-state index >= 15 is 0 Å². The Kier molecular flexibility index (Phi) is 7.09. The summed E-state index contributed by atoms with van der Waals surface area (Å²) < 4.78 is 61.9. The number of alkyl halides is 3. The van der Waals surface area contributed by atoms with Crippen LogP contribution < -0.4 is 5.32 Å². The van der Waals surface area contributed by atoms with Gasteiger partial charge in [0.1, 0.15) is 6.54 Å². The topological polar surface area (TPSA) is 66.5 Å². The van der Waals surface area contributed by atoms with E-state index in [4.69, 9.17) is 23.2 Å². The summed E-state index contributed by atoms with van der Waals surface area (Å²) in [4.78, 5) is 11.3. The minimum Gasteiger partial charge on any atom is -0.346 e. The normalized spacial score (nSPS) is 12.2. The van der Waals surface area contributed by atoms with E-state index in [0.717, 1.165) is 6.07 Å². The van der Waals surface area contributed by atoms with Crippen molar-refractivity contribution < 1.29 is 26.4 Å². The van der Waals surface area contributed by atoms with Crippen molar-refractivity contribution in [1.82, 2.24) is 9.62 Å². The van der Waals surface area contributed by atoms with E-state index in [9.17, 15) is 26.4 Å². The van der Waals surface area contributed by atoms with Gasteiger partial charge in [-0.05, 0) is 18.2 Å². The number of amides is 1. The largest absolute Gasteiger partial charge is 0.405 e. The van der Waals surface area contributed by atoms with Crippen LogP contribution in [0.3, 0.4) is 0 Å². The van der Waals surface area contributed by atoms with Gasteiger partial charge in [0, 0.05) is 6.54 Å². The fourth-order valence-electron chi connectivity index (χ4n) is 1.59. The molecule has 0 fully saturated rings. The number of carbonyl (C=O) groups excluding carboxylic acids is 1. The molecular weight excluding hydrogens is 392 g/mol. The van der Waals surface area contributed by atoms with Crippen molar-refractivity contribution >= 4 is 39.1 Å². The number of nitrogens with zero attached hydrogens (tertiary/aromatic N) is 1. The minimum absolute atomic E-state index is 0.0159. The molecule has 1 rings (SSSR count). The van der Waals surface area contributed by atoms with Crippen molar-refractivity contribution in [2.24, 2.45) is 0 Å². The minimum atomic E-state index is -4.60. The third-order valence-corrected chi connectivity index (χ3v) is 5.21. The molecule has 0 unspecified atom stereocenters. The maximum Gasteiger partial charge on any atom is 0.405 e. The Labute approximate surface area is 147 Å². The Morgan fingerprint density at radius 1 is 1.29 bits per heavy atom. The van der Waals surface area contributed by atoms with E-state index in [1.165, 1.54) is 18.2 Å². The zero-order valence-corrected chi connectivity index (χ0v) is 14.4. The molecule has 1 aromatic carbocycles. The van der Waals surface area contributed by atoms with Gasteiger partial charge in [-0.25, -0.2) is 8.42 Å². The molecule has 1 aromatic rings. The summed E-state index contributed by atoms with van der Waals surface area (Å²) in [6, 6.07) is 3.52. The predicted octanol–water partition coefficient (Wildman–Crippen LogP) is 2.85. The number of sulfonamides is 1. The molecule has 0 aliphatic heterocycles. The van der Waals surface area contributed by atoms with Gasteiger partial charge in [-0.1, -0.05) is 29.3 Å². The van der Waals surface area contributed by atoms with Gasteiger partial charge in [0.2, 0.25) is 15.9 Å².